The quantitative estimate of drug-likeness (QED) is 0.615. The Balaban J connectivity index is 0. The lowest BCUT2D eigenvalue weighted by Crippen LogP contribution is -2.01. The molecule has 0 aliphatic heterocycles. The largest absolute Gasteiger partial charge is 0.508 e. The molecule has 0 atom stereocenters. The van der Waals surface area contributed by atoms with Crippen molar-refractivity contribution in [2.45, 2.75) is 0 Å². The van der Waals surface area contributed by atoms with Gasteiger partial charge in [-0.2, -0.15) is 0 Å². The van der Waals surface area contributed by atoms with Gasteiger partial charge in [0, 0.05) is 16.4 Å². The maximum atomic E-state index is 12.0. The summed E-state index contributed by atoms with van der Waals surface area (Å²) in [6.45, 7) is 0. The summed E-state index contributed by atoms with van der Waals surface area (Å²) < 4.78 is 0. The molecule has 0 saturated carbocycles. The molecule has 5 nitrogen and oxygen atoms in total. The first-order valence-electron chi connectivity index (χ1n) is 5.07. The molecule has 0 aromatic heterocycles. The monoisotopic (exact) mass is 252 g/mol. The van der Waals surface area contributed by atoms with Gasteiger partial charge in [0.15, 0.2) is 5.78 Å². The fourth-order valence-corrected chi connectivity index (χ4v) is 1.57. The average Bonchev–Trinajstić information content (AvgIpc) is 2.28. The van der Waals surface area contributed by atoms with E-state index >= 15 is 0 Å². The molecule has 0 spiro atoms. The lowest BCUT2D eigenvalue weighted by atomic mass is 10.0. The Hall–Kier alpha value is -2.69. The molecule has 0 aliphatic rings. The van der Waals surface area contributed by atoms with Crippen molar-refractivity contribution >= 4 is 5.78 Å². The van der Waals surface area contributed by atoms with Crippen LogP contribution >= 0.6 is 0 Å². The summed E-state index contributed by atoms with van der Waals surface area (Å²) >= 11 is 0. The summed E-state index contributed by atoms with van der Waals surface area (Å²) in [5, 5.41) is 37.4. The Kier molecular flexibility index (Phi) is 2.81. The van der Waals surface area contributed by atoms with Gasteiger partial charge in [0.2, 0.25) is 0 Å². The molecule has 2 aromatic carbocycles. The number of carbonyl (C=O) groups is 1. The smallest absolute Gasteiger partial charge is 0.200 e. The minimum atomic E-state index is -0.606. The third-order valence-corrected chi connectivity index (χ3v) is 2.45. The number of aromatic hydroxyl groups is 4. The summed E-state index contributed by atoms with van der Waals surface area (Å²) in [6, 6.07) is 7.07. The van der Waals surface area contributed by atoms with Crippen LogP contribution in [0.25, 0.3) is 0 Å². The van der Waals surface area contributed by atoms with Gasteiger partial charge >= 0.3 is 0 Å². The van der Waals surface area contributed by atoms with Crippen molar-refractivity contribution in [1.82, 2.24) is 0 Å². The van der Waals surface area contributed by atoms with E-state index in [0.29, 0.717) is 0 Å². The predicted octanol–water partition coefficient (Wildman–Crippen LogP) is 2.48. The number of hydrogen-bond acceptors (Lipinski definition) is 5. The van der Waals surface area contributed by atoms with Crippen molar-refractivity contribution in [2.24, 2.45) is 0 Å². The third-order valence-electron chi connectivity index (χ3n) is 2.45. The first-order chi connectivity index (χ1) is 8.49. The van der Waals surface area contributed by atoms with E-state index in [-0.39, 0.29) is 38.4 Å². The zero-order valence-corrected chi connectivity index (χ0v) is 9.16. The lowest BCUT2D eigenvalue weighted by molar-refractivity contribution is 0.103. The summed E-state index contributed by atoms with van der Waals surface area (Å²) in [7, 11) is 0. The Morgan fingerprint density at radius 2 is 1.17 bits per heavy atom. The van der Waals surface area contributed by atoms with Crippen LogP contribution in [0.5, 0.6) is 23.0 Å². The SMILES string of the molecule is O=C(c1ccc(O)cc1O)c1ccc(O)cc1O.[HH].[HH].[HH]. The molecule has 0 amide bonds. The van der Waals surface area contributed by atoms with Gasteiger partial charge < -0.3 is 20.4 Å². The van der Waals surface area contributed by atoms with Gasteiger partial charge in [0.1, 0.15) is 23.0 Å². The van der Waals surface area contributed by atoms with E-state index in [9.17, 15) is 15.0 Å². The highest BCUT2D eigenvalue weighted by Crippen LogP contribution is 2.29. The fraction of sp³-hybridized carbons (Fsp3) is 0. The van der Waals surface area contributed by atoms with Crippen molar-refractivity contribution in [3.8, 4) is 23.0 Å². The second-order valence-corrected chi connectivity index (χ2v) is 3.73. The first kappa shape index (κ1) is 11.8. The summed E-state index contributed by atoms with van der Waals surface area (Å²) in [5.41, 5.74) is -0.0948. The van der Waals surface area contributed by atoms with E-state index in [0.717, 1.165) is 12.1 Å². The topological polar surface area (TPSA) is 98.0 Å². The van der Waals surface area contributed by atoms with E-state index in [1.165, 1.54) is 24.3 Å². The summed E-state index contributed by atoms with van der Waals surface area (Å²) in [5.74, 6) is -1.71. The van der Waals surface area contributed by atoms with Crippen LogP contribution in [-0.4, -0.2) is 26.2 Å². The van der Waals surface area contributed by atoms with Crippen LogP contribution in [0.2, 0.25) is 0 Å². The van der Waals surface area contributed by atoms with Gasteiger partial charge in [0.05, 0.1) is 11.1 Å². The highest BCUT2D eigenvalue weighted by molar-refractivity contribution is 6.12. The normalized spacial score (nSPS) is 10.2. The van der Waals surface area contributed by atoms with E-state index in [1.54, 1.807) is 0 Å². The zero-order valence-electron chi connectivity index (χ0n) is 9.16. The molecule has 0 aliphatic carbocycles. The molecule has 0 bridgehead atoms. The van der Waals surface area contributed by atoms with Crippen molar-refractivity contribution in [3.63, 3.8) is 0 Å². The molecular formula is C13H16O5. The molecular weight excluding hydrogens is 236 g/mol. The third kappa shape index (κ3) is 2.06. The van der Waals surface area contributed by atoms with Gasteiger partial charge in [-0.3, -0.25) is 4.79 Å². The van der Waals surface area contributed by atoms with E-state index < -0.39 is 5.78 Å². The van der Waals surface area contributed by atoms with Gasteiger partial charge in [-0.1, -0.05) is 0 Å². The number of rotatable bonds is 2. The molecule has 0 fully saturated rings. The second kappa shape index (κ2) is 4.29. The maximum absolute atomic E-state index is 12.0. The van der Waals surface area contributed by atoms with Crippen molar-refractivity contribution < 1.29 is 29.5 Å². The Bertz CT molecular complexity index is 578. The average molecular weight is 252 g/mol. The van der Waals surface area contributed by atoms with Crippen LogP contribution in [-0.2, 0) is 0 Å². The molecule has 2 rings (SSSR count). The number of phenols is 4. The van der Waals surface area contributed by atoms with Crippen LogP contribution in [0, 0.1) is 0 Å². The van der Waals surface area contributed by atoms with Crippen LogP contribution < -0.4 is 0 Å². The van der Waals surface area contributed by atoms with Crippen LogP contribution in [0.15, 0.2) is 36.4 Å². The van der Waals surface area contributed by atoms with Crippen LogP contribution in [0.4, 0.5) is 0 Å². The highest BCUT2D eigenvalue weighted by Gasteiger charge is 2.17. The van der Waals surface area contributed by atoms with Crippen molar-refractivity contribution in [1.29, 1.82) is 0 Å². The summed E-state index contributed by atoms with van der Waals surface area (Å²) in [6.07, 6.45) is 0. The van der Waals surface area contributed by atoms with Crippen LogP contribution in [0.1, 0.15) is 20.2 Å². The van der Waals surface area contributed by atoms with Gasteiger partial charge in [-0.25, -0.2) is 0 Å². The fourth-order valence-electron chi connectivity index (χ4n) is 1.57. The van der Waals surface area contributed by atoms with E-state index in [2.05, 4.69) is 0 Å². The molecule has 0 radical (unpaired) electrons. The van der Waals surface area contributed by atoms with Gasteiger partial charge in [-0.05, 0) is 24.3 Å². The number of hydrogen-bond donors (Lipinski definition) is 4. The lowest BCUT2D eigenvalue weighted by Gasteiger charge is -2.06. The van der Waals surface area contributed by atoms with E-state index in [1.807, 2.05) is 0 Å². The van der Waals surface area contributed by atoms with Crippen molar-refractivity contribution in [2.75, 3.05) is 0 Å². The summed E-state index contributed by atoms with van der Waals surface area (Å²) in [4.78, 5) is 12.0. The minimum Gasteiger partial charge on any atom is -0.508 e. The Morgan fingerprint density at radius 1 is 0.778 bits per heavy atom. The molecule has 0 unspecified atom stereocenters. The molecule has 0 heterocycles. The standard InChI is InChI=1S/C13H10O5.3H2/c14-7-1-3-9(11(16)5-7)13(18)10-4-2-8(15)6-12(10)17;;;/h1-6,14-17H;3*1H. The number of carbonyl (C=O) groups excluding carboxylic acids is 1. The number of phenolic OH excluding ortho intramolecular Hbond substituents is 4. The van der Waals surface area contributed by atoms with Gasteiger partial charge in [0.25, 0.3) is 0 Å². The number of benzene rings is 2. The predicted molar refractivity (Wildman–Crippen MR) is 69.3 cm³/mol. The Morgan fingerprint density at radius 3 is 1.50 bits per heavy atom. The molecule has 2 aromatic rings. The first-order valence-corrected chi connectivity index (χ1v) is 5.07. The molecule has 0 saturated heterocycles. The highest BCUT2D eigenvalue weighted by atomic mass is 16.3. The molecule has 18 heavy (non-hydrogen) atoms. The zero-order chi connectivity index (χ0) is 13.3. The van der Waals surface area contributed by atoms with Crippen LogP contribution in [0.3, 0.4) is 0 Å². The van der Waals surface area contributed by atoms with E-state index in [4.69, 9.17) is 10.2 Å². The number of ketones is 1. The molecule has 4 N–H and O–H groups in total. The van der Waals surface area contributed by atoms with Crippen molar-refractivity contribution in [3.05, 3.63) is 47.5 Å². The second-order valence-electron chi connectivity index (χ2n) is 3.73. The maximum Gasteiger partial charge on any atom is 0.200 e. The van der Waals surface area contributed by atoms with Gasteiger partial charge in [-0.15, -0.1) is 0 Å². The Labute approximate surface area is 107 Å². The minimum absolute atomic E-state index is 0. The molecule has 98 valence electrons. The molecule has 5 heteroatoms.